The quantitative estimate of drug-likeness (QED) is 0.895. The number of benzene rings is 1. The Balaban J connectivity index is 3.19. The van der Waals surface area contributed by atoms with E-state index in [-0.39, 0.29) is 11.1 Å². The van der Waals surface area contributed by atoms with E-state index >= 15 is 0 Å². The molecule has 1 N–H and O–H groups in total. The van der Waals surface area contributed by atoms with E-state index in [1.54, 1.807) is 7.05 Å². The Morgan fingerprint density at radius 2 is 1.84 bits per heavy atom. The van der Waals surface area contributed by atoms with Gasteiger partial charge in [-0.3, -0.25) is 4.79 Å². The smallest absolute Gasteiger partial charge is 0.335 e. The maximum Gasteiger partial charge on any atom is 0.335 e. The van der Waals surface area contributed by atoms with Gasteiger partial charge in [0.2, 0.25) is 0 Å². The van der Waals surface area contributed by atoms with Crippen LogP contribution in [0.4, 0.5) is 8.78 Å². The number of aromatic carboxylic acids is 1. The minimum Gasteiger partial charge on any atom is -0.478 e. The third kappa shape index (κ3) is 3.74. The highest BCUT2D eigenvalue weighted by Gasteiger charge is 2.18. The molecule has 0 radical (unpaired) electrons. The number of carbonyl (C=O) groups excluding carboxylic acids is 1. The summed E-state index contributed by atoms with van der Waals surface area (Å²) in [6.45, 7) is 2.35. The molecule has 0 aliphatic rings. The van der Waals surface area contributed by atoms with Gasteiger partial charge in [0.25, 0.3) is 12.3 Å². The Labute approximate surface area is 109 Å². The highest BCUT2D eigenvalue weighted by Crippen LogP contribution is 2.22. The molecule has 1 aromatic carbocycles. The molecular weight excluding hydrogens is 256 g/mol. The molecule has 1 rings (SSSR count). The Kier molecular flexibility index (Phi) is 4.97. The third-order valence-electron chi connectivity index (χ3n) is 2.61. The molecule has 0 saturated carbocycles. The van der Waals surface area contributed by atoms with Crippen molar-refractivity contribution in [3.8, 4) is 0 Å². The van der Waals surface area contributed by atoms with Gasteiger partial charge in [-0.1, -0.05) is 6.92 Å². The van der Waals surface area contributed by atoms with Crippen molar-refractivity contribution in [1.82, 2.24) is 4.90 Å². The molecule has 104 valence electrons. The van der Waals surface area contributed by atoms with Crippen LogP contribution in [0.25, 0.3) is 0 Å². The monoisotopic (exact) mass is 271 g/mol. The van der Waals surface area contributed by atoms with Crippen LogP contribution in [0.15, 0.2) is 18.2 Å². The molecule has 4 nitrogen and oxygen atoms in total. The van der Waals surface area contributed by atoms with Crippen LogP contribution in [0.2, 0.25) is 0 Å². The highest BCUT2D eigenvalue weighted by atomic mass is 19.3. The molecule has 0 atom stereocenters. The fraction of sp³-hybridized carbons (Fsp3) is 0.385. The average Bonchev–Trinajstić information content (AvgIpc) is 2.37. The molecule has 0 saturated heterocycles. The molecule has 6 heteroatoms. The van der Waals surface area contributed by atoms with Crippen LogP contribution in [0.1, 0.15) is 46.0 Å². The number of carboxylic acid groups (broad SMARTS) is 1. The van der Waals surface area contributed by atoms with Gasteiger partial charge in [-0.05, 0) is 24.6 Å². The number of amides is 1. The molecule has 0 heterocycles. The van der Waals surface area contributed by atoms with Crippen LogP contribution < -0.4 is 0 Å². The van der Waals surface area contributed by atoms with Gasteiger partial charge in [0.15, 0.2) is 0 Å². The Hall–Kier alpha value is -1.98. The Morgan fingerprint density at radius 1 is 1.26 bits per heavy atom. The first-order chi connectivity index (χ1) is 8.86. The lowest BCUT2D eigenvalue weighted by Crippen LogP contribution is -2.27. The lowest BCUT2D eigenvalue weighted by molar-refractivity contribution is 0.0696. The molecule has 0 aliphatic heterocycles. The van der Waals surface area contributed by atoms with Crippen molar-refractivity contribution in [3.05, 3.63) is 34.9 Å². The summed E-state index contributed by atoms with van der Waals surface area (Å²) in [5.74, 6) is -1.80. The molecule has 0 aliphatic carbocycles. The molecule has 0 spiro atoms. The molecule has 0 bridgehead atoms. The SMILES string of the molecule is CCCN(C)C(=O)c1cc(C(=O)O)cc(C(F)F)c1. The number of alkyl halides is 2. The first kappa shape index (κ1) is 15.1. The number of hydrogen-bond acceptors (Lipinski definition) is 2. The maximum atomic E-state index is 12.7. The fourth-order valence-corrected chi connectivity index (χ4v) is 1.68. The van der Waals surface area contributed by atoms with Crippen molar-refractivity contribution in [3.63, 3.8) is 0 Å². The zero-order chi connectivity index (χ0) is 14.6. The minimum absolute atomic E-state index is 0.0360. The normalized spacial score (nSPS) is 10.6. The van der Waals surface area contributed by atoms with Gasteiger partial charge < -0.3 is 10.0 Å². The van der Waals surface area contributed by atoms with Crippen LogP contribution in [0, 0.1) is 0 Å². The van der Waals surface area contributed by atoms with Gasteiger partial charge in [-0.2, -0.15) is 0 Å². The molecule has 0 unspecified atom stereocenters. The van der Waals surface area contributed by atoms with Gasteiger partial charge in [-0.25, -0.2) is 13.6 Å². The largest absolute Gasteiger partial charge is 0.478 e. The lowest BCUT2D eigenvalue weighted by atomic mass is 10.0. The van der Waals surface area contributed by atoms with E-state index in [9.17, 15) is 18.4 Å². The number of halogens is 2. The Bertz CT molecular complexity index is 489. The van der Waals surface area contributed by atoms with Gasteiger partial charge in [-0.15, -0.1) is 0 Å². The maximum absolute atomic E-state index is 12.7. The predicted molar refractivity (Wildman–Crippen MR) is 65.6 cm³/mol. The van der Waals surface area contributed by atoms with E-state index in [2.05, 4.69) is 0 Å². The van der Waals surface area contributed by atoms with Crippen molar-refractivity contribution in [2.75, 3.05) is 13.6 Å². The summed E-state index contributed by atoms with van der Waals surface area (Å²) < 4.78 is 25.4. The van der Waals surface area contributed by atoms with Crippen molar-refractivity contribution >= 4 is 11.9 Å². The van der Waals surface area contributed by atoms with Crippen LogP contribution >= 0.6 is 0 Å². The minimum atomic E-state index is -2.82. The molecule has 19 heavy (non-hydrogen) atoms. The van der Waals surface area contributed by atoms with Gasteiger partial charge >= 0.3 is 5.97 Å². The number of rotatable bonds is 5. The molecule has 1 amide bonds. The molecule has 0 aromatic heterocycles. The van der Waals surface area contributed by atoms with Gasteiger partial charge in [0.1, 0.15) is 0 Å². The summed E-state index contributed by atoms with van der Waals surface area (Å²) >= 11 is 0. The zero-order valence-corrected chi connectivity index (χ0v) is 10.7. The van der Waals surface area contributed by atoms with E-state index in [1.165, 1.54) is 4.90 Å². The predicted octanol–water partition coefficient (Wildman–Crippen LogP) is 2.80. The first-order valence-corrected chi connectivity index (χ1v) is 5.78. The summed E-state index contributed by atoms with van der Waals surface area (Å²) in [4.78, 5) is 24.2. The first-order valence-electron chi connectivity index (χ1n) is 5.78. The van der Waals surface area contributed by atoms with E-state index in [1.807, 2.05) is 6.92 Å². The van der Waals surface area contributed by atoms with E-state index in [4.69, 9.17) is 5.11 Å². The second-order valence-electron chi connectivity index (χ2n) is 4.18. The van der Waals surface area contributed by atoms with Gasteiger partial charge in [0, 0.05) is 24.7 Å². The zero-order valence-electron chi connectivity index (χ0n) is 10.7. The molecular formula is C13H15F2NO3. The summed E-state index contributed by atoms with van der Waals surface area (Å²) in [7, 11) is 1.54. The highest BCUT2D eigenvalue weighted by molar-refractivity contribution is 5.97. The summed E-state index contributed by atoms with van der Waals surface area (Å²) in [6.07, 6.45) is -2.09. The Morgan fingerprint density at radius 3 is 2.32 bits per heavy atom. The summed E-state index contributed by atoms with van der Waals surface area (Å²) in [6, 6.07) is 3.03. The van der Waals surface area contributed by atoms with Crippen molar-refractivity contribution < 1.29 is 23.5 Å². The van der Waals surface area contributed by atoms with Crippen molar-refractivity contribution in [1.29, 1.82) is 0 Å². The third-order valence-corrected chi connectivity index (χ3v) is 2.61. The second kappa shape index (κ2) is 6.26. The van der Waals surface area contributed by atoms with Crippen LogP contribution in [0.3, 0.4) is 0 Å². The van der Waals surface area contributed by atoms with Crippen LogP contribution in [-0.2, 0) is 0 Å². The van der Waals surface area contributed by atoms with Crippen molar-refractivity contribution in [2.24, 2.45) is 0 Å². The number of nitrogens with zero attached hydrogens (tertiary/aromatic N) is 1. The van der Waals surface area contributed by atoms with Crippen LogP contribution in [0.5, 0.6) is 0 Å². The number of hydrogen-bond donors (Lipinski definition) is 1. The molecule has 1 aromatic rings. The summed E-state index contributed by atoms with van der Waals surface area (Å²) in [5.41, 5.74) is -0.814. The lowest BCUT2D eigenvalue weighted by Gasteiger charge is -2.17. The fourth-order valence-electron chi connectivity index (χ4n) is 1.68. The molecule has 0 fully saturated rings. The second-order valence-corrected chi connectivity index (χ2v) is 4.18. The average molecular weight is 271 g/mol. The van der Waals surface area contributed by atoms with E-state index < -0.39 is 23.9 Å². The van der Waals surface area contributed by atoms with Crippen LogP contribution in [-0.4, -0.2) is 35.5 Å². The van der Waals surface area contributed by atoms with Gasteiger partial charge in [0.05, 0.1) is 5.56 Å². The van der Waals surface area contributed by atoms with Crippen molar-refractivity contribution in [2.45, 2.75) is 19.8 Å². The topological polar surface area (TPSA) is 57.6 Å². The van der Waals surface area contributed by atoms with E-state index in [0.717, 1.165) is 24.6 Å². The summed E-state index contributed by atoms with van der Waals surface area (Å²) in [5, 5.41) is 8.87. The number of carbonyl (C=O) groups is 2. The standard InChI is InChI=1S/C13H15F2NO3/c1-3-4-16(2)12(17)9-5-8(11(14)15)6-10(7-9)13(18)19/h5-7,11H,3-4H2,1-2H3,(H,18,19). The number of carboxylic acids is 1. The van der Waals surface area contributed by atoms with E-state index in [0.29, 0.717) is 6.54 Å².